The Morgan fingerprint density at radius 1 is 0.920 bits per heavy atom. The van der Waals surface area contributed by atoms with Crippen molar-refractivity contribution < 1.29 is 8.78 Å². The SMILES string of the molecule is CCCC1=CC2CC(c3ccc(-c4cc(F)cc(F)c4)cc3)CC2C1. The van der Waals surface area contributed by atoms with E-state index in [0.29, 0.717) is 11.5 Å². The Balaban J connectivity index is 1.48. The Morgan fingerprint density at radius 2 is 1.64 bits per heavy atom. The Bertz CT molecular complexity index is 768. The van der Waals surface area contributed by atoms with Gasteiger partial charge in [0, 0.05) is 6.07 Å². The molecule has 0 radical (unpaired) electrons. The van der Waals surface area contributed by atoms with E-state index in [9.17, 15) is 8.78 Å². The molecule has 2 aliphatic rings. The van der Waals surface area contributed by atoms with Crippen LogP contribution in [0.25, 0.3) is 11.1 Å². The van der Waals surface area contributed by atoms with Crippen LogP contribution < -0.4 is 0 Å². The lowest BCUT2D eigenvalue weighted by atomic mass is 9.92. The molecule has 0 heterocycles. The highest BCUT2D eigenvalue weighted by atomic mass is 19.1. The van der Waals surface area contributed by atoms with Crippen molar-refractivity contribution in [1.29, 1.82) is 0 Å². The Labute approximate surface area is 148 Å². The second kappa shape index (κ2) is 6.74. The predicted molar refractivity (Wildman–Crippen MR) is 98.4 cm³/mol. The Kier molecular flexibility index (Phi) is 4.45. The van der Waals surface area contributed by atoms with Gasteiger partial charge < -0.3 is 0 Å². The molecule has 0 spiro atoms. The molecule has 2 aromatic carbocycles. The fourth-order valence-electron chi connectivity index (χ4n) is 4.75. The molecule has 2 aliphatic carbocycles. The van der Waals surface area contributed by atoms with Crippen LogP contribution in [-0.4, -0.2) is 0 Å². The largest absolute Gasteiger partial charge is 0.207 e. The monoisotopic (exact) mass is 338 g/mol. The highest BCUT2D eigenvalue weighted by molar-refractivity contribution is 5.64. The van der Waals surface area contributed by atoms with Crippen LogP contribution in [0.5, 0.6) is 0 Å². The van der Waals surface area contributed by atoms with Crippen LogP contribution in [0.4, 0.5) is 8.78 Å². The lowest BCUT2D eigenvalue weighted by Crippen LogP contribution is -1.97. The molecule has 3 unspecified atom stereocenters. The van der Waals surface area contributed by atoms with E-state index in [-0.39, 0.29) is 0 Å². The first-order valence-electron chi connectivity index (χ1n) is 9.38. The molecule has 1 saturated carbocycles. The molecule has 0 saturated heterocycles. The van der Waals surface area contributed by atoms with Crippen LogP contribution in [0.3, 0.4) is 0 Å². The van der Waals surface area contributed by atoms with Gasteiger partial charge in [-0.2, -0.15) is 0 Å². The standard InChI is InChI=1S/C23H24F2/c1-2-3-15-8-18-10-20(11-19(18)9-15)16-4-6-17(7-5-16)21-12-22(24)14-23(25)13-21/h4-8,12-14,18-20H,2-3,9-11H2,1H3. The molecule has 2 aromatic rings. The molecule has 0 N–H and O–H groups in total. The molecule has 0 nitrogen and oxygen atoms in total. The van der Waals surface area contributed by atoms with Gasteiger partial charge in [-0.3, -0.25) is 0 Å². The van der Waals surface area contributed by atoms with E-state index in [4.69, 9.17) is 0 Å². The summed E-state index contributed by atoms with van der Waals surface area (Å²) in [5, 5.41) is 0. The number of benzene rings is 2. The van der Waals surface area contributed by atoms with Crippen molar-refractivity contribution in [2.75, 3.05) is 0 Å². The first kappa shape index (κ1) is 16.5. The minimum atomic E-state index is -0.530. The van der Waals surface area contributed by atoms with Gasteiger partial charge in [0.1, 0.15) is 11.6 Å². The molecule has 1 fully saturated rings. The molecule has 0 bridgehead atoms. The normalized spacial score (nSPS) is 25.1. The highest BCUT2D eigenvalue weighted by Gasteiger charge is 2.37. The van der Waals surface area contributed by atoms with E-state index >= 15 is 0 Å². The van der Waals surface area contributed by atoms with E-state index in [1.807, 2.05) is 12.1 Å². The number of allylic oxidation sites excluding steroid dienone is 2. The van der Waals surface area contributed by atoms with Crippen molar-refractivity contribution in [1.82, 2.24) is 0 Å². The molecular formula is C23H24F2. The smallest absolute Gasteiger partial charge is 0.126 e. The van der Waals surface area contributed by atoms with Crippen LogP contribution in [0.2, 0.25) is 0 Å². The van der Waals surface area contributed by atoms with Gasteiger partial charge in [-0.05, 0) is 72.3 Å². The summed E-state index contributed by atoms with van der Waals surface area (Å²) in [7, 11) is 0. The number of fused-ring (bicyclic) bond motifs is 1. The van der Waals surface area contributed by atoms with E-state index in [0.717, 1.165) is 23.5 Å². The number of halogens is 2. The average molecular weight is 338 g/mol. The van der Waals surface area contributed by atoms with Gasteiger partial charge in [0.05, 0.1) is 0 Å². The van der Waals surface area contributed by atoms with Crippen molar-refractivity contribution in [3.05, 3.63) is 71.3 Å². The molecule has 2 heteroatoms. The lowest BCUT2D eigenvalue weighted by molar-refractivity contribution is 0.487. The minimum Gasteiger partial charge on any atom is -0.207 e. The van der Waals surface area contributed by atoms with Gasteiger partial charge in [-0.15, -0.1) is 0 Å². The third-order valence-electron chi connectivity index (χ3n) is 5.87. The Morgan fingerprint density at radius 3 is 2.28 bits per heavy atom. The van der Waals surface area contributed by atoms with E-state index in [2.05, 4.69) is 25.1 Å². The summed E-state index contributed by atoms with van der Waals surface area (Å²) < 4.78 is 26.8. The van der Waals surface area contributed by atoms with Gasteiger partial charge in [0.25, 0.3) is 0 Å². The zero-order valence-corrected chi connectivity index (χ0v) is 14.6. The lowest BCUT2D eigenvalue weighted by Gasteiger charge is -2.13. The molecule has 0 aliphatic heterocycles. The van der Waals surface area contributed by atoms with E-state index in [1.54, 1.807) is 5.57 Å². The van der Waals surface area contributed by atoms with Crippen molar-refractivity contribution >= 4 is 0 Å². The van der Waals surface area contributed by atoms with Crippen molar-refractivity contribution in [2.24, 2.45) is 11.8 Å². The maximum atomic E-state index is 13.4. The van der Waals surface area contributed by atoms with Crippen molar-refractivity contribution in [3.8, 4) is 11.1 Å². The molecule has 0 amide bonds. The Hall–Kier alpha value is -1.96. The summed E-state index contributed by atoms with van der Waals surface area (Å²) in [5.41, 5.74) is 4.49. The van der Waals surface area contributed by atoms with Crippen LogP contribution >= 0.6 is 0 Å². The molecular weight excluding hydrogens is 314 g/mol. The second-order valence-corrected chi connectivity index (χ2v) is 7.65. The maximum absolute atomic E-state index is 13.4. The van der Waals surface area contributed by atoms with Crippen molar-refractivity contribution in [2.45, 2.75) is 44.9 Å². The summed E-state index contributed by atoms with van der Waals surface area (Å²) in [6, 6.07) is 12.0. The zero-order chi connectivity index (χ0) is 17.4. The third-order valence-corrected chi connectivity index (χ3v) is 5.87. The first-order valence-corrected chi connectivity index (χ1v) is 9.38. The van der Waals surface area contributed by atoms with E-state index in [1.165, 1.54) is 49.8 Å². The minimum absolute atomic E-state index is 0.530. The van der Waals surface area contributed by atoms with Crippen LogP contribution in [0, 0.1) is 23.5 Å². The summed E-state index contributed by atoms with van der Waals surface area (Å²) in [5.74, 6) is 1.13. The van der Waals surface area contributed by atoms with Gasteiger partial charge in [-0.1, -0.05) is 49.3 Å². The van der Waals surface area contributed by atoms with Crippen LogP contribution in [0.1, 0.15) is 50.5 Å². The van der Waals surface area contributed by atoms with Gasteiger partial charge in [-0.25, -0.2) is 8.78 Å². The summed E-state index contributed by atoms with van der Waals surface area (Å²) in [4.78, 5) is 0. The summed E-state index contributed by atoms with van der Waals surface area (Å²) in [6.07, 6.45) is 8.84. The fourth-order valence-corrected chi connectivity index (χ4v) is 4.75. The van der Waals surface area contributed by atoms with Crippen molar-refractivity contribution in [3.63, 3.8) is 0 Å². The predicted octanol–water partition coefficient (Wildman–Crippen LogP) is 6.87. The number of rotatable bonds is 4. The zero-order valence-electron chi connectivity index (χ0n) is 14.6. The third kappa shape index (κ3) is 3.40. The molecule has 25 heavy (non-hydrogen) atoms. The van der Waals surface area contributed by atoms with Gasteiger partial charge in [0.2, 0.25) is 0 Å². The quantitative estimate of drug-likeness (QED) is 0.533. The molecule has 130 valence electrons. The summed E-state index contributed by atoms with van der Waals surface area (Å²) >= 11 is 0. The molecule has 3 atom stereocenters. The second-order valence-electron chi connectivity index (χ2n) is 7.65. The molecule has 4 rings (SSSR count). The number of hydrogen-bond acceptors (Lipinski definition) is 0. The average Bonchev–Trinajstić information content (AvgIpc) is 3.13. The van der Waals surface area contributed by atoms with Gasteiger partial charge >= 0.3 is 0 Å². The highest BCUT2D eigenvalue weighted by Crippen LogP contribution is 2.50. The van der Waals surface area contributed by atoms with Crippen LogP contribution in [-0.2, 0) is 0 Å². The van der Waals surface area contributed by atoms with Crippen LogP contribution in [0.15, 0.2) is 54.1 Å². The topological polar surface area (TPSA) is 0 Å². The fraction of sp³-hybridized carbons (Fsp3) is 0.391. The first-order chi connectivity index (χ1) is 12.1. The summed E-state index contributed by atoms with van der Waals surface area (Å²) in [6.45, 7) is 2.25. The number of hydrogen-bond donors (Lipinski definition) is 0. The molecule has 0 aromatic heterocycles. The maximum Gasteiger partial charge on any atom is 0.126 e. The van der Waals surface area contributed by atoms with Gasteiger partial charge in [0.15, 0.2) is 0 Å². The van der Waals surface area contributed by atoms with E-state index < -0.39 is 11.6 Å².